The predicted octanol–water partition coefficient (Wildman–Crippen LogP) is 2.91. The first-order valence-electron chi connectivity index (χ1n) is 10.7. The average Bonchev–Trinajstić information content (AvgIpc) is 3.32. The summed E-state index contributed by atoms with van der Waals surface area (Å²) in [7, 11) is 0. The smallest absolute Gasteiger partial charge is 0.336 e. The van der Waals surface area contributed by atoms with Crippen LogP contribution in [0.25, 0.3) is 22.2 Å². The molecule has 2 fully saturated rings. The second-order valence-corrected chi connectivity index (χ2v) is 8.99. The van der Waals surface area contributed by atoms with E-state index in [1.807, 2.05) is 19.1 Å². The molecule has 1 aliphatic carbocycles. The lowest BCUT2D eigenvalue weighted by molar-refractivity contribution is 0.333. The van der Waals surface area contributed by atoms with E-state index in [-0.39, 0.29) is 5.75 Å². The summed E-state index contributed by atoms with van der Waals surface area (Å²) in [5.41, 5.74) is 3.57. The highest BCUT2D eigenvalue weighted by molar-refractivity contribution is 5.88. The predicted molar refractivity (Wildman–Crippen MR) is 114 cm³/mol. The Kier molecular flexibility index (Phi) is 3.75. The normalized spacial score (nSPS) is 21.9. The molecular formula is C23H24N4O3. The van der Waals surface area contributed by atoms with E-state index in [4.69, 9.17) is 4.42 Å². The SMILES string of the molecule is Cc1cc(=O)oc2cc(O)c(-c3cc4c(nn3)N([C@H]3CCNC5(CC5)C3)CC4)cc12. The van der Waals surface area contributed by atoms with Gasteiger partial charge in [0.1, 0.15) is 11.3 Å². The summed E-state index contributed by atoms with van der Waals surface area (Å²) < 4.78 is 5.23. The quantitative estimate of drug-likeness (QED) is 0.635. The second-order valence-electron chi connectivity index (χ2n) is 8.99. The number of piperidine rings is 1. The highest BCUT2D eigenvalue weighted by Gasteiger charge is 2.47. The van der Waals surface area contributed by atoms with Gasteiger partial charge >= 0.3 is 5.63 Å². The monoisotopic (exact) mass is 404 g/mol. The van der Waals surface area contributed by atoms with Gasteiger partial charge in [-0.2, -0.15) is 0 Å². The molecule has 1 saturated carbocycles. The van der Waals surface area contributed by atoms with Crippen molar-refractivity contribution in [3.05, 3.63) is 45.8 Å². The van der Waals surface area contributed by atoms with Crippen molar-refractivity contribution in [1.29, 1.82) is 0 Å². The Balaban J connectivity index is 1.36. The maximum atomic E-state index is 11.6. The number of rotatable bonds is 2. The van der Waals surface area contributed by atoms with Crippen LogP contribution < -0.4 is 15.8 Å². The number of nitrogens with one attached hydrogen (secondary N) is 1. The largest absolute Gasteiger partial charge is 0.507 e. The van der Waals surface area contributed by atoms with Crippen LogP contribution >= 0.6 is 0 Å². The Morgan fingerprint density at radius 3 is 2.93 bits per heavy atom. The Morgan fingerprint density at radius 2 is 2.10 bits per heavy atom. The molecule has 7 heteroatoms. The van der Waals surface area contributed by atoms with E-state index in [1.165, 1.54) is 37.0 Å². The van der Waals surface area contributed by atoms with Gasteiger partial charge in [0.25, 0.3) is 0 Å². The first kappa shape index (κ1) is 17.9. The molecule has 0 unspecified atom stereocenters. The number of phenolic OH excluding ortho intramolecular Hbond substituents is 1. The van der Waals surface area contributed by atoms with Gasteiger partial charge in [-0.05, 0) is 63.3 Å². The van der Waals surface area contributed by atoms with Crippen molar-refractivity contribution in [2.45, 2.75) is 50.6 Å². The molecule has 3 aromatic rings. The molecule has 1 saturated heterocycles. The summed E-state index contributed by atoms with van der Waals surface area (Å²) in [6.45, 7) is 3.91. The molecule has 0 radical (unpaired) electrons. The summed E-state index contributed by atoms with van der Waals surface area (Å²) in [6.07, 6.45) is 5.84. The molecule has 1 spiro atoms. The maximum absolute atomic E-state index is 11.6. The Labute approximate surface area is 173 Å². The number of aromatic nitrogens is 2. The molecule has 30 heavy (non-hydrogen) atoms. The van der Waals surface area contributed by atoms with Gasteiger partial charge in [0, 0.05) is 46.8 Å². The fourth-order valence-corrected chi connectivity index (χ4v) is 5.17. The van der Waals surface area contributed by atoms with Crippen molar-refractivity contribution in [3.8, 4) is 17.0 Å². The van der Waals surface area contributed by atoms with Crippen molar-refractivity contribution in [2.24, 2.45) is 0 Å². The van der Waals surface area contributed by atoms with Gasteiger partial charge in [0.2, 0.25) is 0 Å². The summed E-state index contributed by atoms with van der Waals surface area (Å²) in [4.78, 5) is 14.1. The zero-order chi connectivity index (χ0) is 20.5. The van der Waals surface area contributed by atoms with E-state index in [2.05, 4.69) is 20.4 Å². The van der Waals surface area contributed by atoms with Crippen LogP contribution in [0, 0.1) is 6.92 Å². The number of nitrogens with zero attached hydrogens (tertiary/aromatic N) is 3. The molecule has 4 heterocycles. The van der Waals surface area contributed by atoms with Gasteiger partial charge in [0.15, 0.2) is 5.82 Å². The molecule has 2 aliphatic heterocycles. The number of aryl methyl sites for hydroxylation is 1. The van der Waals surface area contributed by atoms with Gasteiger partial charge in [-0.1, -0.05) is 0 Å². The summed E-state index contributed by atoms with van der Waals surface area (Å²) >= 11 is 0. The van der Waals surface area contributed by atoms with Crippen LogP contribution in [0.2, 0.25) is 0 Å². The van der Waals surface area contributed by atoms with Crippen LogP contribution in [-0.2, 0) is 6.42 Å². The number of anilines is 1. The average molecular weight is 404 g/mol. The van der Waals surface area contributed by atoms with E-state index >= 15 is 0 Å². The molecule has 3 aliphatic rings. The number of fused-ring (bicyclic) bond motifs is 2. The van der Waals surface area contributed by atoms with Crippen molar-refractivity contribution in [3.63, 3.8) is 0 Å². The molecule has 154 valence electrons. The van der Waals surface area contributed by atoms with Crippen molar-refractivity contribution >= 4 is 16.8 Å². The number of phenols is 1. The third kappa shape index (κ3) is 2.80. The van der Waals surface area contributed by atoms with E-state index < -0.39 is 5.63 Å². The van der Waals surface area contributed by atoms with Crippen LogP contribution in [-0.4, -0.2) is 40.0 Å². The number of benzene rings is 1. The summed E-state index contributed by atoms with van der Waals surface area (Å²) in [6, 6.07) is 7.35. The van der Waals surface area contributed by atoms with E-state index in [9.17, 15) is 9.90 Å². The molecule has 6 rings (SSSR count). The lowest BCUT2D eigenvalue weighted by Gasteiger charge is -2.37. The van der Waals surface area contributed by atoms with Crippen molar-refractivity contribution in [2.75, 3.05) is 18.0 Å². The summed E-state index contributed by atoms with van der Waals surface area (Å²) in [5, 5.41) is 24.1. The van der Waals surface area contributed by atoms with Gasteiger partial charge < -0.3 is 19.7 Å². The fraction of sp³-hybridized carbons (Fsp3) is 0.435. The maximum Gasteiger partial charge on any atom is 0.336 e. The minimum absolute atomic E-state index is 0.0365. The molecule has 0 amide bonds. The van der Waals surface area contributed by atoms with Gasteiger partial charge in [0.05, 0.1) is 5.69 Å². The molecule has 0 bridgehead atoms. The van der Waals surface area contributed by atoms with E-state index in [0.717, 1.165) is 42.7 Å². The second kappa shape index (κ2) is 6.28. The highest BCUT2D eigenvalue weighted by Crippen LogP contribution is 2.45. The third-order valence-corrected chi connectivity index (χ3v) is 6.99. The number of aromatic hydroxyl groups is 1. The van der Waals surface area contributed by atoms with Crippen molar-refractivity contribution in [1.82, 2.24) is 15.5 Å². The molecular weight excluding hydrogens is 380 g/mol. The fourth-order valence-electron chi connectivity index (χ4n) is 5.17. The zero-order valence-corrected chi connectivity index (χ0v) is 16.9. The van der Waals surface area contributed by atoms with Gasteiger partial charge in [-0.3, -0.25) is 0 Å². The van der Waals surface area contributed by atoms with Gasteiger partial charge in [-0.25, -0.2) is 4.79 Å². The standard InChI is InChI=1S/C23H24N4O3/c1-13-8-21(29)30-20-11-19(28)17(10-16(13)20)18-9-14-3-7-27(22(14)26-25-18)15-2-6-24-23(12-15)4-5-23/h8-11,15,24,28H,2-7,12H2,1H3/t15-/m0/s1. The van der Waals surface area contributed by atoms with Crippen LogP contribution in [0.4, 0.5) is 5.82 Å². The van der Waals surface area contributed by atoms with Crippen LogP contribution in [0.1, 0.15) is 36.8 Å². The number of hydrogen-bond acceptors (Lipinski definition) is 7. The minimum atomic E-state index is -0.421. The Morgan fingerprint density at radius 1 is 1.23 bits per heavy atom. The zero-order valence-electron chi connectivity index (χ0n) is 16.9. The number of hydrogen-bond donors (Lipinski definition) is 2. The molecule has 1 aromatic carbocycles. The summed E-state index contributed by atoms with van der Waals surface area (Å²) in [5.74, 6) is 1.03. The van der Waals surface area contributed by atoms with E-state index in [0.29, 0.717) is 28.4 Å². The lowest BCUT2D eigenvalue weighted by Crippen LogP contribution is -2.49. The third-order valence-electron chi connectivity index (χ3n) is 6.99. The molecule has 2 N–H and O–H groups in total. The Bertz CT molecular complexity index is 1230. The minimum Gasteiger partial charge on any atom is -0.507 e. The molecule has 2 aromatic heterocycles. The molecule has 1 atom stereocenters. The first-order valence-corrected chi connectivity index (χ1v) is 10.7. The van der Waals surface area contributed by atoms with Crippen LogP contribution in [0.5, 0.6) is 5.75 Å². The first-order chi connectivity index (χ1) is 14.5. The topological polar surface area (TPSA) is 91.5 Å². The van der Waals surface area contributed by atoms with Crippen LogP contribution in [0.3, 0.4) is 0 Å². The van der Waals surface area contributed by atoms with Gasteiger partial charge in [-0.15, -0.1) is 10.2 Å². The van der Waals surface area contributed by atoms with Crippen LogP contribution in [0.15, 0.2) is 33.5 Å². The lowest BCUT2D eigenvalue weighted by atomic mass is 9.96. The molecule has 7 nitrogen and oxygen atoms in total. The Hall–Kier alpha value is -2.93. The van der Waals surface area contributed by atoms with Crippen molar-refractivity contribution < 1.29 is 9.52 Å². The van der Waals surface area contributed by atoms with E-state index in [1.54, 1.807) is 0 Å². The highest BCUT2D eigenvalue weighted by atomic mass is 16.4.